The molecule has 1 aromatic rings. The maximum Gasteiger partial charge on any atom is 0.118 e. The monoisotopic (exact) mass is 292 g/mol. The number of benzene rings is 1. The zero-order valence-electron chi connectivity index (χ0n) is 10.8. The van der Waals surface area contributed by atoms with Crippen LogP contribution in [-0.2, 0) is 33.4 Å². The summed E-state index contributed by atoms with van der Waals surface area (Å²) in [4.78, 5) is 16.0. The molecule has 0 bridgehead atoms. The van der Waals surface area contributed by atoms with Gasteiger partial charge in [0.15, 0.2) is 0 Å². The van der Waals surface area contributed by atoms with Gasteiger partial charge in [0.25, 0.3) is 0 Å². The molecule has 18 heavy (non-hydrogen) atoms. The minimum atomic E-state index is -0.220. The van der Waals surface area contributed by atoms with Gasteiger partial charge >= 0.3 is 0 Å². The van der Waals surface area contributed by atoms with Gasteiger partial charge in [-0.2, -0.15) is 0 Å². The van der Waals surface area contributed by atoms with E-state index in [9.17, 15) is 0 Å². The van der Waals surface area contributed by atoms with Gasteiger partial charge in [-0.25, -0.2) is 0 Å². The predicted molar refractivity (Wildman–Crippen MR) is 67.2 cm³/mol. The molecule has 4 nitrogen and oxygen atoms in total. The van der Waals surface area contributed by atoms with Gasteiger partial charge in [-0.05, 0) is 37.5 Å². The SMILES string of the molecule is C=O.C=O.COc1ccc(CCC(C)O)cc1.[Cr]. The molecule has 0 aliphatic carbocycles. The summed E-state index contributed by atoms with van der Waals surface area (Å²) in [6.07, 6.45) is 1.51. The first-order valence-electron chi connectivity index (χ1n) is 5.11. The van der Waals surface area contributed by atoms with Crippen LogP contribution < -0.4 is 4.74 Å². The second-order valence-corrected chi connectivity index (χ2v) is 3.24. The van der Waals surface area contributed by atoms with E-state index in [0.29, 0.717) is 0 Å². The molecule has 0 fully saturated rings. The van der Waals surface area contributed by atoms with E-state index in [1.54, 1.807) is 7.11 Å². The quantitative estimate of drug-likeness (QED) is 0.916. The Morgan fingerprint density at radius 2 is 1.61 bits per heavy atom. The van der Waals surface area contributed by atoms with Gasteiger partial charge in [0.2, 0.25) is 0 Å². The maximum atomic E-state index is 9.09. The Morgan fingerprint density at radius 1 is 1.17 bits per heavy atom. The molecule has 0 saturated heterocycles. The van der Waals surface area contributed by atoms with Crippen molar-refractivity contribution < 1.29 is 36.8 Å². The number of hydrogen-bond donors (Lipinski definition) is 1. The first kappa shape index (κ1) is 22.1. The van der Waals surface area contributed by atoms with Crippen molar-refractivity contribution in [2.75, 3.05) is 7.11 Å². The number of hydrogen-bond acceptors (Lipinski definition) is 4. The molecule has 0 aliphatic rings. The van der Waals surface area contributed by atoms with Gasteiger partial charge in [0.05, 0.1) is 13.2 Å². The van der Waals surface area contributed by atoms with E-state index < -0.39 is 0 Å². The Morgan fingerprint density at radius 3 is 1.94 bits per heavy atom. The Balaban J connectivity index is -0.000000409. The zero-order valence-corrected chi connectivity index (χ0v) is 12.1. The number of carbonyl (C=O) groups excluding carboxylic acids is 2. The largest absolute Gasteiger partial charge is 0.497 e. The summed E-state index contributed by atoms with van der Waals surface area (Å²) in [6, 6.07) is 7.94. The number of aliphatic hydroxyl groups is 1. The van der Waals surface area contributed by atoms with Crippen molar-refractivity contribution in [3.8, 4) is 5.75 Å². The molecule has 0 spiro atoms. The number of ether oxygens (including phenoxy) is 1. The Labute approximate surface area is 119 Å². The average Bonchev–Trinajstić information content (AvgIpc) is 2.41. The van der Waals surface area contributed by atoms with Crippen LogP contribution in [0.2, 0.25) is 0 Å². The van der Waals surface area contributed by atoms with Gasteiger partial charge in [-0.3, -0.25) is 0 Å². The van der Waals surface area contributed by atoms with E-state index in [2.05, 4.69) is 0 Å². The summed E-state index contributed by atoms with van der Waals surface area (Å²) in [6.45, 7) is 5.81. The van der Waals surface area contributed by atoms with Crippen molar-refractivity contribution in [1.29, 1.82) is 0 Å². The van der Waals surface area contributed by atoms with Gasteiger partial charge in [0, 0.05) is 17.4 Å². The zero-order chi connectivity index (χ0) is 13.7. The Bertz CT molecular complexity index is 273. The van der Waals surface area contributed by atoms with Crippen LogP contribution in [0.3, 0.4) is 0 Å². The standard InChI is InChI=1S/C11H16O2.2CH2O.Cr/c1-9(12)3-4-10-5-7-11(13-2)8-6-10;2*1-2;/h5-9,12H,3-4H2,1-2H3;2*1H2;. The van der Waals surface area contributed by atoms with Crippen LogP contribution in [-0.4, -0.2) is 31.9 Å². The number of carbonyl (C=O) groups is 2. The molecular formula is C13H20CrO4. The summed E-state index contributed by atoms with van der Waals surface area (Å²) >= 11 is 0. The molecule has 1 unspecified atom stereocenters. The molecule has 0 heterocycles. The minimum absolute atomic E-state index is 0. The Kier molecular flexibility index (Phi) is 19.4. The summed E-state index contributed by atoms with van der Waals surface area (Å²) in [7, 11) is 1.66. The summed E-state index contributed by atoms with van der Waals surface area (Å²) in [5.74, 6) is 0.876. The summed E-state index contributed by atoms with van der Waals surface area (Å²) < 4.78 is 5.05. The van der Waals surface area contributed by atoms with Crippen molar-refractivity contribution in [2.24, 2.45) is 0 Å². The molecule has 0 radical (unpaired) electrons. The third-order valence-corrected chi connectivity index (χ3v) is 2.01. The van der Waals surface area contributed by atoms with Crippen LogP contribution in [0.1, 0.15) is 18.9 Å². The smallest absolute Gasteiger partial charge is 0.118 e. The molecule has 0 aliphatic heterocycles. The number of methoxy groups -OCH3 is 1. The van der Waals surface area contributed by atoms with Crippen LogP contribution in [0.4, 0.5) is 0 Å². The first-order valence-corrected chi connectivity index (χ1v) is 5.11. The normalized spacial score (nSPS) is 9.50. The third-order valence-electron chi connectivity index (χ3n) is 2.01. The van der Waals surface area contributed by atoms with E-state index in [1.165, 1.54) is 5.56 Å². The summed E-state index contributed by atoms with van der Waals surface area (Å²) in [5, 5.41) is 9.09. The van der Waals surface area contributed by atoms with Crippen molar-refractivity contribution >= 4 is 13.6 Å². The summed E-state index contributed by atoms with van der Waals surface area (Å²) in [5.41, 5.74) is 1.24. The van der Waals surface area contributed by atoms with E-state index in [1.807, 2.05) is 44.8 Å². The number of rotatable bonds is 4. The topological polar surface area (TPSA) is 63.6 Å². The Hall–Kier alpha value is -1.15. The molecular weight excluding hydrogens is 272 g/mol. The van der Waals surface area contributed by atoms with Gasteiger partial charge < -0.3 is 19.4 Å². The fourth-order valence-corrected chi connectivity index (χ4v) is 1.17. The molecule has 0 saturated carbocycles. The first-order chi connectivity index (χ1) is 8.22. The van der Waals surface area contributed by atoms with Crippen molar-refractivity contribution in [3.05, 3.63) is 29.8 Å². The predicted octanol–water partition coefficient (Wildman–Crippen LogP) is 1.64. The van der Waals surface area contributed by atoms with Crippen LogP contribution in [0.15, 0.2) is 24.3 Å². The molecule has 5 heteroatoms. The molecule has 102 valence electrons. The van der Waals surface area contributed by atoms with Crippen molar-refractivity contribution in [3.63, 3.8) is 0 Å². The minimum Gasteiger partial charge on any atom is -0.497 e. The second-order valence-electron chi connectivity index (χ2n) is 3.24. The average molecular weight is 292 g/mol. The van der Waals surface area contributed by atoms with E-state index in [4.69, 9.17) is 19.4 Å². The maximum absolute atomic E-state index is 9.09. The van der Waals surface area contributed by atoms with Crippen LogP contribution in [0.5, 0.6) is 5.75 Å². The number of aryl methyl sites for hydroxylation is 1. The van der Waals surface area contributed by atoms with Crippen LogP contribution >= 0.6 is 0 Å². The second kappa shape index (κ2) is 15.9. The molecule has 0 aromatic heterocycles. The molecule has 1 N–H and O–H groups in total. The van der Waals surface area contributed by atoms with Crippen molar-refractivity contribution in [2.45, 2.75) is 25.9 Å². The molecule has 1 aromatic carbocycles. The molecule has 0 amide bonds. The number of aliphatic hydroxyl groups excluding tert-OH is 1. The van der Waals surface area contributed by atoms with Crippen LogP contribution in [0, 0.1) is 0 Å². The van der Waals surface area contributed by atoms with Crippen molar-refractivity contribution in [1.82, 2.24) is 0 Å². The van der Waals surface area contributed by atoms with E-state index in [0.717, 1.165) is 18.6 Å². The van der Waals surface area contributed by atoms with E-state index >= 15 is 0 Å². The fraction of sp³-hybridized carbons (Fsp3) is 0.385. The third kappa shape index (κ3) is 11.3. The fourth-order valence-electron chi connectivity index (χ4n) is 1.17. The molecule has 1 rings (SSSR count). The van der Waals surface area contributed by atoms with Gasteiger partial charge in [-0.15, -0.1) is 0 Å². The van der Waals surface area contributed by atoms with Gasteiger partial charge in [-0.1, -0.05) is 12.1 Å². The van der Waals surface area contributed by atoms with Crippen LogP contribution in [0.25, 0.3) is 0 Å². The van der Waals surface area contributed by atoms with E-state index in [-0.39, 0.29) is 23.5 Å². The molecule has 1 atom stereocenters. The van der Waals surface area contributed by atoms with Gasteiger partial charge in [0.1, 0.15) is 19.3 Å².